The van der Waals surface area contributed by atoms with Crippen LogP contribution in [0.5, 0.6) is 0 Å². The fourth-order valence-corrected chi connectivity index (χ4v) is 1.65. The molecule has 0 amide bonds. The van der Waals surface area contributed by atoms with E-state index in [1.165, 1.54) is 12.1 Å². The molecule has 0 aliphatic carbocycles. The van der Waals surface area contributed by atoms with Gasteiger partial charge in [-0.3, -0.25) is 10.1 Å². The number of aryl methyl sites for hydroxylation is 1. The van der Waals surface area contributed by atoms with Crippen LogP contribution in [0.2, 0.25) is 0 Å². The van der Waals surface area contributed by atoms with Crippen LogP contribution in [0, 0.1) is 28.4 Å². The fourth-order valence-electron chi connectivity index (χ4n) is 1.65. The van der Waals surface area contributed by atoms with E-state index in [0.717, 1.165) is 0 Å². The van der Waals surface area contributed by atoms with Crippen molar-refractivity contribution in [2.75, 3.05) is 11.9 Å². The summed E-state index contributed by atoms with van der Waals surface area (Å²) in [5.41, 5.74) is 0.447. The maximum atomic E-state index is 10.7. The molecule has 1 N–H and O–H groups in total. The Morgan fingerprint density at radius 2 is 2.35 bits per heavy atom. The highest BCUT2D eigenvalue weighted by molar-refractivity contribution is 5.58. The first kappa shape index (κ1) is 13.5. The highest BCUT2D eigenvalue weighted by Crippen LogP contribution is 2.21. The average Bonchev–Trinajstić information content (AvgIpc) is 2.84. The van der Waals surface area contributed by atoms with Gasteiger partial charge < -0.3 is 9.84 Å². The van der Waals surface area contributed by atoms with Crippen LogP contribution in [0.25, 0.3) is 0 Å². The van der Waals surface area contributed by atoms with Crippen molar-refractivity contribution in [3.8, 4) is 6.07 Å². The van der Waals surface area contributed by atoms with Gasteiger partial charge in [-0.1, -0.05) is 5.16 Å². The van der Waals surface area contributed by atoms with Crippen molar-refractivity contribution in [3.63, 3.8) is 0 Å². The third kappa shape index (κ3) is 3.08. The normalized spacial score (nSPS) is 10.0. The van der Waals surface area contributed by atoms with Crippen LogP contribution < -0.4 is 5.32 Å². The largest absolute Gasteiger partial charge is 0.384 e. The third-order valence-corrected chi connectivity index (χ3v) is 2.55. The van der Waals surface area contributed by atoms with Crippen LogP contribution in [-0.2, 0) is 6.42 Å². The Kier molecular flexibility index (Phi) is 3.91. The summed E-state index contributed by atoms with van der Waals surface area (Å²) in [7, 11) is 0. The van der Waals surface area contributed by atoms with E-state index in [0.29, 0.717) is 30.4 Å². The van der Waals surface area contributed by atoms with Crippen molar-refractivity contribution in [3.05, 3.63) is 45.6 Å². The molecule has 0 fully saturated rings. The van der Waals surface area contributed by atoms with Crippen LogP contribution >= 0.6 is 0 Å². The van der Waals surface area contributed by atoms with Crippen molar-refractivity contribution in [2.24, 2.45) is 0 Å². The van der Waals surface area contributed by atoms with Gasteiger partial charge in [0, 0.05) is 24.7 Å². The maximum Gasteiger partial charge on any atom is 0.287 e. The first-order valence-electron chi connectivity index (χ1n) is 5.82. The predicted molar refractivity (Wildman–Crippen MR) is 69.0 cm³/mol. The van der Waals surface area contributed by atoms with Gasteiger partial charge >= 0.3 is 0 Å². The molecule has 0 atom stereocenters. The van der Waals surface area contributed by atoms with Gasteiger partial charge in [0.05, 0.1) is 4.92 Å². The first-order valence-corrected chi connectivity index (χ1v) is 5.82. The number of hydrogen-bond acceptors (Lipinski definition) is 7. The zero-order valence-corrected chi connectivity index (χ0v) is 10.7. The minimum Gasteiger partial charge on any atom is -0.384 e. The zero-order chi connectivity index (χ0) is 14.5. The topological polar surface area (TPSA) is 118 Å². The summed E-state index contributed by atoms with van der Waals surface area (Å²) >= 11 is 0. The van der Waals surface area contributed by atoms with E-state index in [2.05, 4.69) is 15.5 Å². The number of nitrogens with zero attached hydrogens (tertiary/aromatic N) is 4. The maximum absolute atomic E-state index is 10.7. The third-order valence-electron chi connectivity index (χ3n) is 2.55. The Labute approximate surface area is 114 Å². The molecule has 20 heavy (non-hydrogen) atoms. The summed E-state index contributed by atoms with van der Waals surface area (Å²) in [6.07, 6.45) is 0.527. The quantitative estimate of drug-likeness (QED) is 0.651. The minimum absolute atomic E-state index is 0.0219. The minimum atomic E-state index is -0.580. The number of aromatic nitrogens is 2. The zero-order valence-electron chi connectivity index (χ0n) is 10.7. The van der Waals surface area contributed by atoms with Crippen LogP contribution in [0.4, 0.5) is 11.4 Å². The van der Waals surface area contributed by atoms with Gasteiger partial charge in [-0.15, -0.1) is 0 Å². The molecule has 2 rings (SSSR count). The summed E-state index contributed by atoms with van der Waals surface area (Å²) in [4.78, 5) is 14.2. The average molecular weight is 273 g/mol. The van der Waals surface area contributed by atoms with E-state index in [4.69, 9.17) is 9.78 Å². The van der Waals surface area contributed by atoms with Gasteiger partial charge in [0.15, 0.2) is 5.82 Å². The van der Waals surface area contributed by atoms with E-state index in [1.54, 1.807) is 19.1 Å². The molecule has 0 aliphatic heterocycles. The van der Waals surface area contributed by atoms with Crippen molar-refractivity contribution in [2.45, 2.75) is 13.3 Å². The summed E-state index contributed by atoms with van der Waals surface area (Å²) in [6, 6.07) is 6.10. The van der Waals surface area contributed by atoms with Crippen LogP contribution in [0.3, 0.4) is 0 Å². The SMILES string of the molecule is Cc1noc(CCNc2ccc([N+](=O)[O-])c(C#N)c2)n1. The van der Waals surface area contributed by atoms with Crippen LogP contribution in [-0.4, -0.2) is 21.6 Å². The van der Waals surface area contributed by atoms with Crippen molar-refractivity contribution >= 4 is 11.4 Å². The molecule has 1 aromatic heterocycles. The molecular weight excluding hydrogens is 262 g/mol. The molecule has 8 heteroatoms. The summed E-state index contributed by atoms with van der Waals surface area (Å²) in [5, 5.41) is 26.3. The number of benzene rings is 1. The van der Waals surface area contributed by atoms with Gasteiger partial charge in [-0.2, -0.15) is 10.2 Å². The molecule has 0 radical (unpaired) electrons. The lowest BCUT2D eigenvalue weighted by atomic mass is 10.1. The molecule has 102 valence electrons. The Morgan fingerprint density at radius 3 is 2.95 bits per heavy atom. The number of hydrogen-bond donors (Lipinski definition) is 1. The smallest absolute Gasteiger partial charge is 0.287 e. The lowest BCUT2D eigenvalue weighted by Crippen LogP contribution is -2.05. The van der Waals surface area contributed by atoms with Gasteiger partial charge in [-0.05, 0) is 19.1 Å². The van der Waals surface area contributed by atoms with E-state index in [9.17, 15) is 10.1 Å². The van der Waals surface area contributed by atoms with E-state index >= 15 is 0 Å². The number of nitro benzene ring substituents is 1. The van der Waals surface area contributed by atoms with Crippen molar-refractivity contribution < 1.29 is 9.45 Å². The summed E-state index contributed by atoms with van der Waals surface area (Å²) in [5.74, 6) is 1.08. The van der Waals surface area contributed by atoms with E-state index in [-0.39, 0.29) is 11.3 Å². The van der Waals surface area contributed by atoms with Gasteiger partial charge in [0.25, 0.3) is 5.69 Å². The lowest BCUT2D eigenvalue weighted by molar-refractivity contribution is -0.385. The van der Waals surface area contributed by atoms with Gasteiger partial charge in [0.1, 0.15) is 11.6 Å². The van der Waals surface area contributed by atoms with Gasteiger partial charge in [-0.25, -0.2) is 0 Å². The summed E-state index contributed by atoms with van der Waals surface area (Å²) < 4.78 is 4.95. The number of nitrogens with one attached hydrogen (secondary N) is 1. The second kappa shape index (κ2) is 5.79. The lowest BCUT2D eigenvalue weighted by Gasteiger charge is -2.04. The number of nitro groups is 1. The van der Waals surface area contributed by atoms with E-state index < -0.39 is 4.92 Å². The Morgan fingerprint density at radius 1 is 1.55 bits per heavy atom. The molecule has 8 nitrogen and oxygen atoms in total. The fraction of sp³-hybridized carbons (Fsp3) is 0.250. The molecule has 0 bridgehead atoms. The van der Waals surface area contributed by atoms with Gasteiger partial charge in [0.2, 0.25) is 5.89 Å². The molecule has 2 aromatic rings. The monoisotopic (exact) mass is 273 g/mol. The molecule has 0 unspecified atom stereocenters. The first-order chi connectivity index (χ1) is 9.60. The van der Waals surface area contributed by atoms with Crippen LogP contribution in [0.1, 0.15) is 17.3 Å². The standard InChI is InChI=1S/C12H11N5O3/c1-8-15-12(20-16-8)4-5-14-10-2-3-11(17(18)19)9(6-10)7-13/h2-3,6,14H,4-5H2,1H3. The number of rotatable bonds is 5. The van der Waals surface area contributed by atoms with Crippen molar-refractivity contribution in [1.82, 2.24) is 10.1 Å². The predicted octanol–water partition coefficient (Wildman–Crippen LogP) is 1.81. The Hall–Kier alpha value is -2.95. The molecule has 0 saturated carbocycles. The Balaban J connectivity index is 2.00. The van der Waals surface area contributed by atoms with Crippen LogP contribution in [0.15, 0.2) is 22.7 Å². The second-order valence-corrected chi connectivity index (χ2v) is 4.01. The summed E-state index contributed by atoms with van der Waals surface area (Å²) in [6.45, 7) is 2.25. The molecule has 0 saturated heterocycles. The Bertz CT molecular complexity index is 674. The number of nitriles is 1. The molecular formula is C12H11N5O3. The number of anilines is 1. The molecule has 1 aromatic carbocycles. The highest BCUT2D eigenvalue weighted by Gasteiger charge is 2.13. The van der Waals surface area contributed by atoms with E-state index in [1.807, 2.05) is 0 Å². The second-order valence-electron chi connectivity index (χ2n) is 4.01. The highest BCUT2D eigenvalue weighted by atomic mass is 16.6. The molecule has 0 aliphatic rings. The molecule has 1 heterocycles. The van der Waals surface area contributed by atoms with Crippen molar-refractivity contribution in [1.29, 1.82) is 5.26 Å². The molecule has 0 spiro atoms.